The molecule has 4 nitrogen and oxygen atoms in total. The van der Waals surface area contributed by atoms with Crippen molar-refractivity contribution >= 4 is 28.9 Å². The molecule has 0 aliphatic rings. The second-order valence-corrected chi connectivity index (χ2v) is 6.90. The number of aryl methyl sites for hydroxylation is 2. The fraction of sp³-hybridized carbons (Fsp3) is 0.143. The number of thiophene rings is 1. The molecule has 26 heavy (non-hydrogen) atoms. The van der Waals surface area contributed by atoms with Gasteiger partial charge >= 0.3 is 5.97 Å². The SMILES string of the molecule is Cc1ccc(NC(=O)[C@H](OC(=O)c2sccc2C)c2ccccc2)cc1. The number of esters is 1. The maximum absolute atomic E-state index is 12.8. The van der Waals surface area contributed by atoms with E-state index in [4.69, 9.17) is 4.74 Å². The molecule has 0 spiro atoms. The second-order valence-electron chi connectivity index (χ2n) is 5.98. The number of hydrogen-bond acceptors (Lipinski definition) is 4. The smallest absolute Gasteiger partial charge is 0.349 e. The van der Waals surface area contributed by atoms with E-state index in [2.05, 4.69) is 5.32 Å². The number of rotatable bonds is 5. The van der Waals surface area contributed by atoms with Crippen LogP contribution in [-0.4, -0.2) is 11.9 Å². The third kappa shape index (κ3) is 4.18. The summed E-state index contributed by atoms with van der Waals surface area (Å²) in [5.41, 5.74) is 3.22. The van der Waals surface area contributed by atoms with Gasteiger partial charge in [0, 0.05) is 11.3 Å². The summed E-state index contributed by atoms with van der Waals surface area (Å²) in [6.07, 6.45) is -1.02. The third-order valence-corrected chi connectivity index (χ3v) is 4.93. The van der Waals surface area contributed by atoms with Crippen molar-refractivity contribution in [2.24, 2.45) is 0 Å². The van der Waals surface area contributed by atoms with Gasteiger partial charge in [-0.2, -0.15) is 0 Å². The first-order valence-electron chi connectivity index (χ1n) is 8.22. The van der Waals surface area contributed by atoms with Crippen LogP contribution in [-0.2, 0) is 9.53 Å². The molecule has 0 aliphatic carbocycles. The van der Waals surface area contributed by atoms with Crippen molar-refractivity contribution in [2.75, 3.05) is 5.32 Å². The van der Waals surface area contributed by atoms with Crippen LogP contribution < -0.4 is 5.32 Å². The van der Waals surface area contributed by atoms with Crippen LogP contribution >= 0.6 is 11.3 Å². The van der Waals surface area contributed by atoms with Gasteiger partial charge in [0.2, 0.25) is 6.10 Å². The van der Waals surface area contributed by atoms with Gasteiger partial charge in [-0.3, -0.25) is 4.79 Å². The molecule has 1 heterocycles. The molecule has 3 rings (SSSR count). The standard InChI is InChI=1S/C21H19NO3S/c1-14-8-10-17(11-9-14)22-20(23)18(16-6-4-3-5-7-16)25-21(24)19-15(2)12-13-26-19/h3-13,18H,1-2H3,(H,22,23)/t18-/m1/s1. The largest absolute Gasteiger partial charge is 0.443 e. The van der Waals surface area contributed by atoms with Crippen molar-refractivity contribution in [3.63, 3.8) is 0 Å². The molecule has 1 atom stereocenters. The Labute approximate surface area is 156 Å². The quantitative estimate of drug-likeness (QED) is 0.654. The first kappa shape index (κ1) is 17.9. The topological polar surface area (TPSA) is 55.4 Å². The summed E-state index contributed by atoms with van der Waals surface area (Å²) in [7, 11) is 0. The average molecular weight is 365 g/mol. The van der Waals surface area contributed by atoms with Gasteiger partial charge in [-0.05, 0) is 43.0 Å². The highest BCUT2D eigenvalue weighted by atomic mass is 32.1. The molecule has 2 aromatic carbocycles. The summed E-state index contributed by atoms with van der Waals surface area (Å²) in [4.78, 5) is 25.8. The number of amides is 1. The number of nitrogens with one attached hydrogen (secondary N) is 1. The van der Waals surface area contributed by atoms with Crippen LogP contribution in [0, 0.1) is 13.8 Å². The molecular weight excluding hydrogens is 346 g/mol. The van der Waals surface area contributed by atoms with Crippen molar-refractivity contribution in [3.8, 4) is 0 Å². The molecule has 1 amide bonds. The zero-order chi connectivity index (χ0) is 18.5. The molecule has 0 saturated heterocycles. The summed E-state index contributed by atoms with van der Waals surface area (Å²) in [6, 6.07) is 18.3. The minimum absolute atomic E-state index is 0.386. The Bertz CT molecular complexity index is 901. The lowest BCUT2D eigenvalue weighted by atomic mass is 10.1. The van der Waals surface area contributed by atoms with E-state index < -0.39 is 12.1 Å². The molecule has 0 fully saturated rings. The van der Waals surface area contributed by atoms with E-state index in [9.17, 15) is 9.59 Å². The Morgan fingerprint density at radius 3 is 2.27 bits per heavy atom. The number of benzene rings is 2. The summed E-state index contributed by atoms with van der Waals surface area (Å²) >= 11 is 1.31. The summed E-state index contributed by atoms with van der Waals surface area (Å²) in [5, 5.41) is 4.65. The third-order valence-electron chi connectivity index (χ3n) is 3.93. The van der Waals surface area contributed by atoms with Crippen molar-refractivity contribution in [3.05, 3.63) is 87.6 Å². The van der Waals surface area contributed by atoms with Gasteiger partial charge < -0.3 is 10.1 Å². The number of carbonyl (C=O) groups is 2. The van der Waals surface area contributed by atoms with E-state index in [1.54, 1.807) is 12.1 Å². The first-order chi connectivity index (χ1) is 12.5. The lowest BCUT2D eigenvalue weighted by molar-refractivity contribution is -0.125. The van der Waals surface area contributed by atoms with Gasteiger partial charge in [0.05, 0.1) is 0 Å². The zero-order valence-electron chi connectivity index (χ0n) is 14.6. The monoisotopic (exact) mass is 365 g/mol. The Balaban J connectivity index is 1.83. The molecule has 132 valence electrons. The number of anilines is 1. The molecule has 0 bridgehead atoms. The second kappa shape index (κ2) is 7.97. The molecule has 0 unspecified atom stereocenters. The average Bonchev–Trinajstić information content (AvgIpc) is 3.08. The van der Waals surface area contributed by atoms with E-state index >= 15 is 0 Å². The van der Waals surface area contributed by atoms with Gasteiger partial charge in [-0.25, -0.2) is 4.79 Å². The Morgan fingerprint density at radius 1 is 0.962 bits per heavy atom. The van der Waals surface area contributed by atoms with Crippen LogP contribution in [0.15, 0.2) is 66.0 Å². The predicted octanol–water partition coefficient (Wildman–Crippen LogP) is 4.90. The Kier molecular flexibility index (Phi) is 5.49. The fourth-order valence-electron chi connectivity index (χ4n) is 2.49. The van der Waals surface area contributed by atoms with Gasteiger partial charge in [0.1, 0.15) is 4.88 Å². The van der Waals surface area contributed by atoms with Crippen LogP contribution in [0.2, 0.25) is 0 Å². The van der Waals surface area contributed by atoms with Gasteiger partial charge in [0.25, 0.3) is 5.91 Å². The molecule has 1 aromatic heterocycles. The van der Waals surface area contributed by atoms with Crippen LogP contribution in [0.4, 0.5) is 5.69 Å². The van der Waals surface area contributed by atoms with E-state index in [0.29, 0.717) is 16.1 Å². The summed E-state index contributed by atoms with van der Waals surface area (Å²) in [6.45, 7) is 3.82. The first-order valence-corrected chi connectivity index (χ1v) is 9.10. The van der Waals surface area contributed by atoms with E-state index in [1.807, 2.05) is 67.8 Å². The molecular formula is C21H19NO3S. The minimum atomic E-state index is -1.02. The summed E-state index contributed by atoms with van der Waals surface area (Å²) < 4.78 is 5.58. The van der Waals surface area contributed by atoms with Crippen molar-refractivity contribution < 1.29 is 14.3 Å². The number of ether oxygens (including phenoxy) is 1. The Hall–Kier alpha value is -2.92. The highest BCUT2D eigenvalue weighted by Gasteiger charge is 2.26. The number of carbonyl (C=O) groups excluding carboxylic acids is 2. The molecule has 3 aromatic rings. The van der Waals surface area contributed by atoms with E-state index in [-0.39, 0.29) is 5.91 Å². The minimum Gasteiger partial charge on any atom is -0.443 e. The van der Waals surface area contributed by atoms with Crippen LogP contribution in [0.3, 0.4) is 0 Å². The summed E-state index contributed by atoms with van der Waals surface area (Å²) in [5.74, 6) is -0.881. The maximum atomic E-state index is 12.8. The fourth-order valence-corrected chi connectivity index (χ4v) is 3.29. The van der Waals surface area contributed by atoms with E-state index in [0.717, 1.165) is 11.1 Å². The van der Waals surface area contributed by atoms with Crippen LogP contribution in [0.1, 0.15) is 32.5 Å². The molecule has 1 N–H and O–H groups in total. The van der Waals surface area contributed by atoms with E-state index in [1.165, 1.54) is 11.3 Å². The zero-order valence-corrected chi connectivity index (χ0v) is 15.4. The normalized spacial score (nSPS) is 11.6. The molecule has 5 heteroatoms. The lowest BCUT2D eigenvalue weighted by Crippen LogP contribution is -2.25. The van der Waals surface area contributed by atoms with Crippen molar-refractivity contribution in [1.82, 2.24) is 0 Å². The Morgan fingerprint density at radius 2 is 1.65 bits per heavy atom. The maximum Gasteiger partial charge on any atom is 0.349 e. The number of hydrogen-bond donors (Lipinski definition) is 1. The van der Waals surface area contributed by atoms with Crippen LogP contribution in [0.5, 0.6) is 0 Å². The highest BCUT2D eigenvalue weighted by molar-refractivity contribution is 7.12. The van der Waals surface area contributed by atoms with Gasteiger partial charge in [-0.1, -0.05) is 48.0 Å². The predicted molar refractivity (Wildman–Crippen MR) is 103 cm³/mol. The van der Waals surface area contributed by atoms with Crippen molar-refractivity contribution in [2.45, 2.75) is 20.0 Å². The van der Waals surface area contributed by atoms with Crippen molar-refractivity contribution in [1.29, 1.82) is 0 Å². The highest BCUT2D eigenvalue weighted by Crippen LogP contribution is 2.24. The molecule has 0 saturated carbocycles. The van der Waals surface area contributed by atoms with Gasteiger partial charge in [0.15, 0.2) is 0 Å². The van der Waals surface area contributed by atoms with Gasteiger partial charge in [-0.15, -0.1) is 11.3 Å². The van der Waals surface area contributed by atoms with Crippen LogP contribution in [0.25, 0.3) is 0 Å². The lowest BCUT2D eigenvalue weighted by Gasteiger charge is -2.18. The molecule has 0 aliphatic heterocycles. The molecule has 0 radical (unpaired) electrons.